The first kappa shape index (κ1) is 14.5. The van der Waals surface area contributed by atoms with Crippen LogP contribution in [0, 0.1) is 10.1 Å². The molecule has 0 radical (unpaired) electrons. The fraction of sp³-hybridized carbons (Fsp3) is 0.231. The summed E-state index contributed by atoms with van der Waals surface area (Å²) < 4.78 is 0. The van der Waals surface area contributed by atoms with Crippen LogP contribution < -0.4 is 10.2 Å². The Balaban J connectivity index is 2.36. The predicted molar refractivity (Wildman–Crippen MR) is 75.0 cm³/mol. The second-order valence-electron chi connectivity index (χ2n) is 4.44. The molecule has 8 heteroatoms. The molecule has 0 spiro atoms. The molecule has 0 atom stereocenters. The Morgan fingerprint density at radius 3 is 2.86 bits per heavy atom. The molecule has 8 nitrogen and oxygen atoms in total. The molecule has 1 saturated heterocycles. The second kappa shape index (κ2) is 6.04. The molecule has 0 aliphatic carbocycles. The average Bonchev–Trinajstić information content (AvgIpc) is 2.44. The van der Waals surface area contributed by atoms with Crippen LogP contribution in [0.15, 0.2) is 24.3 Å². The smallest absolute Gasteiger partial charge is 0.328 e. The minimum atomic E-state index is -1.19. The number of hydrogen-bond donors (Lipinski definition) is 2. The van der Waals surface area contributed by atoms with Crippen LogP contribution >= 0.6 is 0 Å². The number of hydrogen-bond acceptors (Lipinski definition) is 5. The van der Waals surface area contributed by atoms with Gasteiger partial charge < -0.3 is 15.3 Å². The summed E-state index contributed by atoms with van der Waals surface area (Å²) >= 11 is 0. The van der Waals surface area contributed by atoms with Gasteiger partial charge in [0.25, 0.3) is 5.69 Å². The number of carbonyl (C=O) groups excluding carboxylic acids is 1. The minimum absolute atomic E-state index is 0.123. The van der Waals surface area contributed by atoms with Crippen LogP contribution in [-0.4, -0.2) is 41.5 Å². The van der Waals surface area contributed by atoms with Crippen LogP contribution in [0.4, 0.5) is 11.4 Å². The van der Waals surface area contributed by atoms with E-state index >= 15 is 0 Å². The lowest BCUT2D eigenvalue weighted by atomic mass is 10.1. The lowest BCUT2D eigenvalue weighted by Gasteiger charge is -2.28. The summed E-state index contributed by atoms with van der Waals surface area (Å²) in [5.41, 5.74) is 0.643. The van der Waals surface area contributed by atoms with Crippen molar-refractivity contribution in [2.24, 2.45) is 0 Å². The maximum atomic E-state index is 11.4. The van der Waals surface area contributed by atoms with E-state index in [0.29, 0.717) is 18.8 Å². The topological polar surface area (TPSA) is 113 Å². The summed E-state index contributed by atoms with van der Waals surface area (Å²) in [5, 5.41) is 22.3. The van der Waals surface area contributed by atoms with E-state index in [2.05, 4.69) is 5.32 Å². The van der Waals surface area contributed by atoms with E-state index in [1.807, 2.05) is 0 Å². The number of benzene rings is 1. The van der Waals surface area contributed by atoms with Gasteiger partial charge >= 0.3 is 5.97 Å². The molecular weight excluding hydrogens is 278 g/mol. The molecule has 1 aromatic rings. The monoisotopic (exact) mass is 291 g/mol. The quantitative estimate of drug-likeness (QED) is 0.478. The highest BCUT2D eigenvalue weighted by Crippen LogP contribution is 2.26. The normalized spacial score (nSPS) is 15.0. The number of carboxylic acids is 1. The third-order valence-corrected chi connectivity index (χ3v) is 3.02. The number of carbonyl (C=O) groups is 2. The summed E-state index contributed by atoms with van der Waals surface area (Å²) in [6.45, 7) is 1.25. The first-order valence-electron chi connectivity index (χ1n) is 6.18. The highest BCUT2D eigenvalue weighted by atomic mass is 16.6. The molecule has 110 valence electrons. The highest BCUT2D eigenvalue weighted by Gasteiger charge is 2.19. The fourth-order valence-electron chi connectivity index (χ4n) is 2.06. The average molecular weight is 291 g/mol. The van der Waals surface area contributed by atoms with Crippen LogP contribution in [0.1, 0.15) is 5.56 Å². The van der Waals surface area contributed by atoms with Gasteiger partial charge in [0.05, 0.1) is 17.0 Å². The van der Waals surface area contributed by atoms with Crippen molar-refractivity contribution in [1.82, 2.24) is 5.32 Å². The first-order valence-corrected chi connectivity index (χ1v) is 6.18. The van der Waals surface area contributed by atoms with Gasteiger partial charge in [-0.3, -0.25) is 14.9 Å². The van der Waals surface area contributed by atoms with Crippen molar-refractivity contribution < 1.29 is 19.6 Å². The zero-order valence-electron chi connectivity index (χ0n) is 11.0. The van der Waals surface area contributed by atoms with E-state index in [9.17, 15) is 19.7 Å². The van der Waals surface area contributed by atoms with E-state index in [-0.39, 0.29) is 23.7 Å². The van der Waals surface area contributed by atoms with Gasteiger partial charge in [-0.1, -0.05) is 0 Å². The molecule has 0 unspecified atom stereocenters. The summed E-state index contributed by atoms with van der Waals surface area (Å²) in [4.78, 5) is 34.1. The molecule has 21 heavy (non-hydrogen) atoms. The third kappa shape index (κ3) is 3.56. The Labute approximate surface area is 119 Å². The van der Waals surface area contributed by atoms with Crippen LogP contribution in [-0.2, 0) is 9.59 Å². The third-order valence-electron chi connectivity index (χ3n) is 3.02. The summed E-state index contributed by atoms with van der Waals surface area (Å²) in [5.74, 6) is -1.31. The van der Waals surface area contributed by atoms with E-state index < -0.39 is 10.9 Å². The van der Waals surface area contributed by atoms with Crippen LogP contribution in [0.25, 0.3) is 6.08 Å². The molecule has 0 bridgehead atoms. The molecule has 1 aliphatic heterocycles. The van der Waals surface area contributed by atoms with Gasteiger partial charge in [-0.2, -0.15) is 0 Å². The number of nitro groups is 1. The van der Waals surface area contributed by atoms with Gasteiger partial charge in [-0.05, 0) is 18.2 Å². The zero-order chi connectivity index (χ0) is 15.4. The number of anilines is 1. The van der Waals surface area contributed by atoms with Crippen molar-refractivity contribution in [1.29, 1.82) is 0 Å². The molecule has 1 amide bonds. The summed E-state index contributed by atoms with van der Waals surface area (Å²) in [7, 11) is 0. The SMILES string of the molecule is O=C(O)/C=C/c1cc(N2CCNC(=O)C2)ccc1[N+](=O)[O-]. The van der Waals surface area contributed by atoms with Gasteiger partial charge in [0, 0.05) is 30.9 Å². The molecule has 2 rings (SSSR count). The Hall–Kier alpha value is -2.90. The minimum Gasteiger partial charge on any atom is -0.478 e. The highest BCUT2D eigenvalue weighted by molar-refractivity contribution is 5.87. The fourth-order valence-corrected chi connectivity index (χ4v) is 2.06. The molecule has 1 fully saturated rings. The standard InChI is InChI=1S/C13H13N3O5/c17-12-8-15(6-5-14-12)10-2-3-11(16(20)21)9(7-10)1-4-13(18)19/h1-4,7H,5-6,8H2,(H,14,17)(H,18,19)/b4-1+. The number of nitrogens with one attached hydrogen (secondary N) is 1. The molecule has 1 heterocycles. The maximum Gasteiger partial charge on any atom is 0.328 e. The molecule has 0 saturated carbocycles. The Morgan fingerprint density at radius 2 is 2.24 bits per heavy atom. The number of piperazine rings is 1. The van der Waals surface area contributed by atoms with Crippen LogP contribution in [0.3, 0.4) is 0 Å². The Kier molecular flexibility index (Phi) is 4.17. The van der Waals surface area contributed by atoms with Gasteiger partial charge in [0.2, 0.25) is 5.91 Å². The van der Waals surface area contributed by atoms with Gasteiger partial charge in [0.15, 0.2) is 0 Å². The zero-order valence-corrected chi connectivity index (χ0v) is 11.0. The summed E-state index contributed by atoms with van der Waals surface area (Å²) in [6.07, 6.45) is 2.02. The molecular formula is C13H13N3O5. The van der Waals surface area contributed by atoms with Crippen molar-refractivity contribution in [3.8, 4) is 0 Å². The van der Waals surface area contributed by atoms with E-state index in [4.69, 9.17) is 5.11 Å². The number of carboxylic acid groups (broad SMARTS) is 1. The van der Waals surface area contributed by atoms with Crippen molar-refractivity contribution in [2.45, 2.75) is 0 Å². The second-order valence-corrected chi connectivity index (χ2v) is 4.44. The molecule has 1 aromatic carbocycles. The van der Waals surface area contributed by atoms with E-state index in [1.54, 1.807) is 11.0 Å². The summed E-state index contributed by atoms with van der Waals surface area (Å²) in [6, 6.07) is 4.37. The lowest BCUT2D eigenvalue weighted by molar-refractivity contribution is -0.385. The maximum absolute atomic E-state index is 11.4. The molecule has 2 N–H and O–H groups in total. The number of rotatable bonds is 4. The molecule has 0 aromatic heterocycles. The van der Waals surface area contributed by atoms with E-state index in [1.165, 1.54) is 18.2 Å². The Morgan fingerprint density at radius 1 is 1.48 bits per heavy atom. The van der Waals surface area contributed by atoms with Crippen molar-refractivity contribution >= 4 is 29.3 Å². The van der Waals surface area contributed by atoms with Gasteiger partial charge in [-0.15, -0.1) is 0 Å². The largest absolute Gasteiger partial charge is 0.478 e. The van der Waals surface area contributed by atoms with Crippen molar-refractivity contribution in [3.05, 3.63) is 40.0 Å². The van der Waals surface area contributed by atoms with Crippen LogP contribution in [0.5, 0.6) is 0 Å². The number of nitrogens with zero attached hydrogens (tertiary/aromatic N) is 2. The molecule has 1 aliphatic rings. The van der Waals surface area contributed by atoms with Gasteiger partial charge in [-0.25, -0.2) is 4.79 Å². The van der Waals surface area contributed by atoms with Crippen molar-refractivity contribution in [2.75, 3.05) is 24.5 Å². The Bertz CT molecular complexity index is 626. The predicted octanol–water partition coefficient (Wildman–Crippen LogP) is 0.629. The number of nitro benzene ring substituents is 1. The number of aliphatic carboxylic acids is 1. The van der Waals surface area contributed by atoms with Crippen molar-refractivity contribution in [3.63, 3.8) is 0 Å². The van der Waals surface area contributed by atoms with Crippen LogP contribution in [0.2, 0.25) is 0 Å². The number of amides is 1. The lowest BCUT2D eigenvalue weighted by Crippen LogP contribution is -2.47. The van der Waals surface area contributed by atoms with E-state index in [0.717, 1.165) is 6.08 Å². The van der Waals surface area contributed by atoms with Gasteiger partial charge in [0.1, 0.15) is 0 Å². The first-order chi connectivity index (χ1) is 9.97.